The maximum absolute atomic E-state index is 12.6. The molecular formula is C23H21F3N4O2. The number of ether oxygens (including phenoxy) is 2. The van der Waals surface area contributed by atoms with Crippen LogP contribution >= 0.6 is 0 Å². The molecule has 2 aromatic heterocycles. The van der Waals surface area contributed by atoms with Gasteiger partial charge in [0.15, 0.2) is 0 Å². The van der Waals surface area contributed by atoms with Gasteiger partial charge in [-0.3, -0.25) is 10.1 Å². The highest BCUT2D eigenvalue weighted by molar-refractivity contribution is 5.86. The van der Waals surface area contributed by atoms with Gasteiger partial charge in [0.1, 0.15) is 18.1 Å². The second kappa shape index (κ2) is 8.88. The Labute approximate surface area is 182 Å². The number of para-hydroxylation sites is 1. The first-order chi connectivity index (χ1) is 15.3. The Morgan fingerprint density at radius 2 is 1.88 bits per heavy atom. The minimum absolute atomic E-state index is 0.103. The van der Waals surface area contributed by atoms with Crippen molar-refractivity contribution in [1.82, 2.24) is 15.2 Å². The smallest absolute Gasteiger partial charge is 0.490 e. The number of benzene rings is 2. The van der Waals surface area contributed by atoms with Crippen LogP contribution in [0.15, 0.2) is 60.9 Å². The second-order valence-corrected chi connectivity index (χ2v) is 7.41. The highest BCUT2D eigenvalue weighted by atomic mass is 19.4. The SMILES string of the molecule is Cc1n[nH]c2ccc(-c3cncc(OCC(N)Cc4ccccc4OC(F)(F)F)c3)cc12. The lowest BCUT2D eigenvalue weighted by molar-refractivity contribution is -0.274. The molecule has 1 unspecified atom stereocenters. The monoisotopic (exact) mass is 442 g/mol. The molecule has 0 aliphatic rings. The van der Waals surface area contributed by atoms with E-state index in [0.717, 1.165) is 27.7 Å². The van der Waals surface area contributed by atoms with Crippen LogP contribution in [0.3, 0.4) is 0 Å². The average Bonchev–Trinajstić information content (AvgIpc) is 3.13. The van der Waals surface area contributed by atoms with E-state index in [4.69, 9.17) is 10.5 Å². The van der Waals surface area contributed by atoms with Gasteiger partial charge in [-0.1, -0.05) is 24.3 Å². The second-order valence-electron chi connectivity index (χ2n) is 7.41. The summed E-state index contributed by atoms with van der Waals surface area (Å²) in [4.78, 5) is 4.23. The number of aryl methyl sites for hydroxylation is 1. The summed E-state index contributed by atoms with van der Waals surface area (Å²) in [5.41, 5.74) is 10.1. The fourth-order valence-corrected chi connectivity index (χ4v) is 3.42. The molecule has 1 atom stereocenters. The predicted octanol–water partition coefficient (Wildman–Crippen LogP) is 4.78. The molecule has 32 heavy (non-hydrogen) atoms. The third-order valence-corrected chi connectivity index (χ3v) is 4.94. The third-order valence-electron chi connectivity index (χ3n) is 4.94. The van der Waals surface area contributed by atoms with Crippen LogP contribution in [0.5, 0.6) is 11.5 Å². The van der Waals surface area contributed by atoms with Crippen LogP contribution in [0.2, 0.25) is 0 Å². The van der Waals surface area contributed by atoms with Crippen LogP contribution in [-0.4, -0.2) is 34.2 Å². The van der Waals surface area contributed by atoms with Crippen molar-refractivity contribution in [1.29, 1.82) is 0 Å². The van der Waals surface area contributed by atoms with Crippen molar-refractivity contribution in [2.45, 2.75) is 25.7 Å². The molecule has 0 aliphatic carbocycles. The van der Waals surface area contributed by atoms with Crippen LogP contribution < -0.4 is 15.2 Å². The topological polar surface area (TPSA) is 86.0 Å². The van der Waals surface area contributed by atoms with Crippen LogP contribution in [0, 0.1) is 6.92 Å². The van der Waals surface area contributed by atoms with E-state index in [1.165, 1.54) is 12.1 Å². The molecule has 2 aromatic carbocycles. The quantitative estimate of drug-likeness (QED) is 0.430. The van der Waals surface area contributed by atoms with Gasteiger partial charge in [0.05, 0.1) is 17.4 Å². The van der Waals surface area contributed by atoms with E-state index < -0.39 is 12.4 Å². The molecule has 0 saturated heterocycles. The van der Waals surface area contributed by atoms with Gasteiger partial charge in [-0.05, 0) is 48.7 Å². The van der Waals surface area contributed by atoms with Crippen molar-refractivity contribution < 1.29 is 22.6 Å². The number of hydrogen-bond acceptors (Lipinski definition) is 5. The van der Waals surface area contributed by atoms with Gasteiger partial charge in [-0.15, -0.1) is 13.2 Å². The van der Waals surface area contributed by atoms with Crippen LogP contribution in [0.4, 0.5) is 13.2 Å². The summed E-state index contributed by atoms with van der Waals surface area (Å²) in [5.74, 6) is 0.255. The van der Waals surface area contributed by atoms with Gasteiger partial charge in [0.2, 0.25) is 0 Å². The van der Waals surface area contributed by atoms with Gasteiger partial charge in [-0.2, -0.15) is 5.10 Å². The molecule has 0 radical (unpaired) electrons. The number of halogens is 3. The summed E-state index contributed by atoms with van der Waals surface area (Å²) in [6, 6.07) is 13.2. The molecule has 0 saturated carbocycles. The van der Waals surface area contributed by atoms with Crippen molar-refractivity contribution in [3.8, 4) is 22.6 Å². The molecule has 0 bridgehead atoms. The zero-order valence-electron chi connectivity index (χ0n) is 17.2. The van der Waals surface area contributed by atoms with Gasteiger partial charge < -0.3 is 15.2 Å². The lowest BCUT2D eigenvalue weighted by atomic mass is 10.0. The third kappa shape index (κ3) is 5.17. The minimum Gasteiger partial charge on any atom is -0.490 e. The van der Waals surface area contributed by atoms with E-state index in [9.17, 15) is 13.2 Å². The van der Waals surface area contributed by atoms with Crippen LogP contribution in [0.1, 0.15) is 11.3 Å². The largest absolute Gasteiger partial charge is 0.573 e. The molecular weight excluding hydrogens is 421 g/mol. The molecule has 2 heterocycles. The number of alkyl halides is 3. The Kier molecular flexibility index (Phi) is 6.00. The lowest BCUT2D eigenvalue weighted by Crippen LogP contribution is -2.30. The fourth-order valence-electron chi connectivity index (χ4n) is 3.42. The van der Waals surface area contributed by atoms with E-state index in [2.05, 4.69) is 19.9 Å². The molecule has 0 amide bonds. The summed E-state index contributed by atoms with van der Waals surface area (Å²) in [6.07, 6.45) is -1.30. The molecule has 4 rings (SSSR count). The molecule has 6 nitrogen and oxygen atoms in total. The van der Waals surface area contributed by atoms with E-state index in [1.54, 1.807) is 24.5 Å². The van der Waals surface area contributed by atoms with Gasteiger partial charge >= 0.3 is 6.36 Å². The molecule has 0 aliphatic heterocycles. The van der Waals surface area contributed by atoms with Crippen molar-refractivity contribution in [2.75, 3.05) is 6.61 Å². The number of fused-ring (bicyclic) bond motifs is 1. The predicted molar refractivity (Wildman–Crippen MR) is 114 cm³/mol. The minimum atomic E-state index is -4.76. The van der Waals surface area contributed by atoms with Crippen LogP contribution in [-0.2, 0) is 6.42 Å². The number of aromatic nitrogens is 3. The number of rotatable bonds is 7. The molecule has 166 valence electrons. The standard InChI is InChI=1S/C23H21F3N4O2/c1-14-20-10-15(6-7-21(20)30-29-14)17-9-19(12-28-11-17)31-13-18(27)8-16-4-2-3-5-22(16)32-23(24,25)26/h2-7,9-12,18H,8,13,27H2,1H3,(H,29,30). The van der Waals surface area contributed by atoms with Gasteiger partial charge in [0.25, 0.3) is 0 Å². The van der Waals surface area contributed by atoms with E-state index in [-0.39, 0.29) is 18.8 Å². The fraction of sp³-hybridized carbons (Fsp3) is 0.217. The van der Waals surface area contributed by atoms with E-state index >= 15 is 0 Å². The molecule has 9 heteroatoms. The highest BCUT2D eigenvalue weighted by Gasteiger charge is 2.32. The van der Waals surface area contributed by atoms with Crippen molar-refractivity contribution >= 4 is 10.9 Å². The van der Waals surface area contributed by atoms with Crippen molar-refractivity contribution in [3.63, 3.8) is 0 Å². The Morgan fingerprint density at radius 3 is 2.69 bits per heavy atom. The number of H-pyrrole nitrogens is 1. The lowest BCUT2D eigenvalue weighted by Gasteiger charge is -2.17. The number of nitrogens with zero attached hydrogens (tertiary/aromatic N) is 2. The Morgan fingerprint density at radius 1 is 1.06 bits per heavy atom. The Bertz CT molecular complexity index is 1220. The Hall–Kier alpha value is -3.59. The summed E-state index contributed by atoms with van der Waals surface area (Å²) < 4.78 is 47.7. The summed E-state index contributed by atoms with van der Waals surface area (Å²) >= 11 is 0. The summed E-state index contributed by atoms with van der Waals surface area (Å²) in [6.45, 7) is 2.03. The maximum Gasteiger partial charge on any atom is 0.573 e. The Balaban J connectivity index is 1.43. The first kappa shape index (κ1) is 21.6. The first-order valence-corrected chi connectivity index (χ1v) is 9.91. The van der Waals surface area contributed by atoms with Crippen LogP contribution in [0.25, 0.3) is 22.0 Å². The summed E-state index contributed by atoms with van der Waals surface area (Å²) in [7, 11) is 0. The number of hydrogen-bond donors (Lipinski definition) is 2. The number of nitrogens with one attached hydrogen (secondary N) is 1. The maximum atomic E-state index is 12.6. The number of aromatic amines is 1. The zero-order chi connectivity index (χ0) is 22.7. The summed E-state index contributed by atoms with van der Waals surface area (Å²) in [5, 5.41) is 8.20. The number of nitrogens with two attached hydrogens (primary N) is 1. The van der Waals surface area contributed by atoms with E-state index in [0.29, 0.717) is 11.3 Å². The molecule has 4 aromatic rings. The first-order valence-electron chi connectivity index (χ1n) is 9.91. The highest BCUT2D eigenvalue weighted by Crippen LogP contribution is 2.28. The zero-order valence-corrected chi connectivity index (χ0v) is 17.2. The molecule has 0 fully saturated rings. The molecule has 3 N–H and O–H groups in total. The normalized spacial score (nSPS) is 12.7. The number of pyridine rings is 1. The van der Waals surface area contributed by atoms with Crippen molar-refractivity contribution in [2.24, 2.45) is 5.73 Å². The van der Waals surface area contributed by atoms with Gasteiger partial charge in [-0.25, -0.2) is 0 Å². The van der Waals surface area contributed by atoms with Crippen molar-refractivity contribution in [3.05, 3.63) is 72.2 Å². The average molecular weight is 442 g/mol. The van der Waals surface area contributed by atoms with Gasteiger partial charge in [0, 0.05) is 23.2 Å². The van der Waals surface area contributed by atoms with E-state index in [1.807, 2.05) is 31.2 Å². The molecule has 0 spiro atoms.